The Bertz CT molecular complexity index is 1760. The number of fused-ring (bicyclic) bond motifs is 2. The van der Waals surface area contributed by atoms with Crippen molar-refractivity contribution in [2.24, 2.45) is 17.8 Å². The molecule has 9 rings (SSSR count). The molecule has 3 aromatic carbocycles. The van der Waals surface area contributed by atoms with Crippen LogP contribution in [0, 0.1) is 23.2 Å². The predicted octanol–water partition coefficient (Wildman–Crippen LogP) is 7.84. The van der Waals surface area contributed by atoms with E-state index in [0.717, 1.165) is 36.5 Å². The van der Waals surface area contributed by atoms with Crippen LogP contribution in [-0.2, 0) is 11.7 Å². The van der Waals surface area contributed by atoms with Gasteiger partial charge < -0.3 is 15.0 Å². The van der Waals surface area contributed by atoms with Gasteiger partial charge in [0.05, 0.1) is 11.1 Å². The Labute approximate surface area is 241 Å². The second-order valence-electron chi connectivity index (χ2n) is 12.8. The van der Waals surface area contributed by atoms with E-state index < -0.39 is 17.7 Å². The van der Waals surface area contributed by atoms with Crippen LogP contribution in [0.25, 0.3) is 11.1 Å². The van der Waals surface area contributed by atoms with Crippen LogP contribution in [0.3, 0.4) is 0 Å². The molecule has 4 bridgehead atoms. The van der Waals surface area contributed by atoms with E-state index in [1.165, 1.54) is 31.4 Å². The lowest BCUT2D eigenvalue weighted by Gasteiger charge is -2.57. The lowest BCUT2D eigenvalue weighted by molar-refractivity contribution is -0.137. The number of alkyl halides is 3. The summed E-state index contributed by atoms with van der Waals surface area (Å²) in [4.78, 5) is 4.80. The largest absolute Gasteiger partial charge is 0.438 e. The summed E-state index contributed by atoms with van der Waals surface area (Å²) in [6.45, 7) is 0. The van der Waals surface area contributed by atoms with Gasteiger partial charge in [-0.1, -0.05) is 42.5 Å². The zero-order valence-corrected chi connectivity index (χ0v) is 23.0. The molecule has 5 aliphatic rings. The Morgan fingerprint density at radius 2 is 1.62 bits per heavy atom. The van der Waals surface area contributed by atoms with Crippen LogP contribution in [0.5, 0.6) is 11.6 Å². The quantitative estimate of drug-likeness (QED) is 0.218. The highest BCUT2D eigenvalue weighted by Crippen LogP contribution is 2.59. The summed E-state index contributed by atoms with van der Waals surface area (Å²) in [5.41, 5.74) is 9.26. The third kappa shape index (κ3) is 3.91. The molecule has 4 aliphatic carbocycles. The first-order chi connectivity index (χ1) is 20.2. The van der Waals surface area contributed by atoms with Gasteiger partial charge >= 0.3 is 6.18 Å². The molecule has 3 N–H and O–H groups in total. The molecule has 4 saturated carbocycles. The van der Waals surface area contributed by atoms with Crippen LogP contribution < -0.4 is 16.0 Å². The van der Waals surface area contributed by atoms with Crippen LogP contribution in [0.1, 0.15) is 66.7 Å². The fourth-order valence-corrected chi connectivity index (χ4v) is 8.88. The first-order valence-electron chi connectivity index (χ1n) is 14.7. The lowest BCUT2D eigenvalue weighted by Crippen LogP contribution is -2.55. The number of aromatic nitrogens is 2. The topological polar surface area (TPSA) is 76.9 Å². The Morgan fingerprint density at radius 3 is 2.31 bits per heavy atom. The van der Waals surface area contributed by atoms with Crippen molar-refractivity contribution in [2.45, 2.75) is 56.2 Å². The molecule has 4 aromatic rings. The Morgan fingerprint density at radius 1 is 0.905 bits per heavy atom. The van der Waals surface area contributed by atoms with Crippen LogP contribution in [0.4, 0.5) is 18.9 Å². The summed E-state index contributed by atoms with van der Waals surface area (Å²) in [6, 6.07) is 18.4. The standard InChI is InChI=1S/C34H31F3N4O/c35-34(36,37)27-7-2-1-6-25(27)22-8-9-26-28(14-22)42-32-30(29(26)23-4-3-5-24(38)13-23)31(39)41(18-40-32)33-15-19-10-20(16-33)12-21(11-19)17-33/h1-9,13-14,18-21,29,39H,10-12,15-17,38H2. The minimum Gasteiger partial charge on any atom is -0.438 e. The average molecular weight is 569 g/mol. The van der Waals surface area contributed by atoms with E-state index in [9.17, 15) is 18.6 Å². The SMILES string of the molecule is N=c1c2c(ncn1C13CC4CC(CC(C4)C1)C3)Oc1cc(-c3ccccc3C(F)(F)F)ccc1C2c1cccc(N)c1. The highest BCUT2D eigenvalue weighted by atomic mass is 19.4. The smallest absolute Gasteiger partial charge is 0.417 e. The summed E-state index contributed by atoms with van der Waals surface area (Å²) in [6.07, 6.45) is 4.43. The molecule has 0 amide bonds. The molecule has 1 aromatic heterocycles. The summed E-state index contributed by atoms with van der Waals surface area (Å²) in [7, 11) is 0. The molecule has 1 atom stereocenters. The Hall–Kier alpha value is -4.07. The number of benzene rings is 3. The van der Waals surface area contributed by atoms with E-state index in [4.69, 9.17) is 15.5 Å². The van der Waals surface area contributed by atoms with Crippen molar-refractivity contribution in [3.63, 3.8) is 0 Å². The van der Waals surface area contributed by atoms with Gasteiger partial charge in [-0.15, -0.1) is 0 Å². The molecule has 214 valence electrons. The van der Waals surface area contributed by atoms with Crippen molar-refractivity contribution in [3.8, 4) is 22.8 Å². The fraction of sp³-hybridized carbons (Fsp3) is 0.353. The molecule has 5 nitrogen and oxygen atoms in total. The third-order valence-corrected chi connectivity index (χ3v) is 10.1. The van der Waals surface area contributed by atoms with Gasteiger partial charge in [-0.05, 0) is 97.2 Å². The van der Waals surface area contributed by atoms with Gasteiger partial charge in [0.25, 0.3) is 0 Å². The van der Waals surface area contributed by atoms with Crippen molar-refractivity contribution < 1.29 is 17.9 Å². The van der Waals surface area contributed by atoms with E-state index in [1.807, 2.05) is 30.3 Å². The van der Waals surface area contributed by atoms with Crippen LogP contribution in [0.15, 0.2) is 73.1 Å². The van der Waals surface area contributed by atoms with Crippen molar-refractivity contribution in [1.82, 2.24) is 9.55 Å². The minimum atomic E-state index is -4.49. The molecular weight excluding hydrogens is 537 g/mol. The van der Waals surface area contributed by atoms with Crippen LogP contribution in [-0.4, -0.2) is 9.55 Å². The summed E-state index contributed by atoms with van der Waals surface area (Å²) >= 11 is 0. The fourth-order valence-electron chi connectivity index (χ4n) is 8.88. The molecule has 0 radical (unpaired) electrons. The molecule has 4 fully saturated rings. The third-order valence-electron chi connectivity index (χ3n) is 10.1. The van der Waals surface area contributed by atoms with Gasteiger partial charge in [-0.2, -0.15) is 13.2 Å². The number of nitrogens with two attached hydrogens (primary N) is 1. The maximum atomic E-state index is 13.9. The monoisotopic (exact) mass is 568 g/mol. The first-order valence-corrected chi connectivity index (χ1v) is 14.7. The molecule has 2 heterocycles. The van der Waals surface area contributed by atoms with Crippen LogP contribution in [0.2, 0.25) is 0 Å². The number of hydrogen-bond acceptors (Lipinski definition) is 4. The molecule has 8 heteroatoms. The van der Waals surface area contributed by atoms with E-state index in [2.05, 4.69) is 4.57 Å². The maximum Gasteiger partial charge on any atom is 0.417 e. The van der Waals surface area contributed by atoms with Gasteiger partial charge in [0, 0.05) is 22.7 Å². The number of nitrogens with zero attached hydrogens (tertiary/aromatic N) is 2. The van der Waals surface area contributed by atoms with E-state index in [0.29, 0.717) is 51.7 Å². The van der Waals surface area contributed by atoms with Gasteiger partial charge in [-0.25, -0.2) is 4.98 Å². The van der Waals surface area contributed by atoms with Gasteiger partial charge in [0.1, 0.15) is 17.6 Å². The zero-order valence-electron chi connectivity index (χ0n) is 23.0. The molecule has 0 saturated heterocycles. The van der Waals surface area contributed by atoms with Crippen molar-refractivity contribution in [2.75, 3.05) is 5.73 Å². The van der Waals surface area contributed by atoms with Gasteiger partial charge in [0.2, 0.25) is 5.88 Å². The number of nitrogens with one attached hydrogen (secondary N) is 1. The van der Waals surface area contributed by atoms with Crippen LogP contribution >= 0.6 is 0 Å². The average Bonchev–Trinajstić information content (AvgIpc) is 2.94. The first kappa shape index (κ1) is 25.6. The normalized spacial score (nSPS) is 27.3. The van der Waals surface area contributed by atoms with Gasteiger partial charge in [-0.3, -0.25) is 5.41 Å². The van der Waals surface area contributed by atoms with E-state index in [-0.39, 0.29) is 11.1 Å². The van der Waals surface area contributed by atoms with E-state index >= 15 is 0 Å². The number of ether oxygens (including phenoxy) is 1. The van der Waals surface area contributed by atoms with Crippen molar-refractivity contribution >= 4 is 5.69 Å². The summed E-state index contributed by atoms with van der Waals surface area (Å²) in [5, 5.41) is 9.60. The second-order valence-corrected chi connectivity index (χ2v) is 12.8. The zero-order chi connectivity index (χ0) is 28.8. The number of halogens is 3. The highest BCUT2D eigenvalue weighted by molar-refractivity contribution is 5.72. The maximum absolute atomic E-state index is 13.9. The molecule has 1 aliphatic heterocycles. The van der Waals surface area contributed by atoms with Crippen molar-refractivity contribution in [3.05, 3.63) is 101 Å². The lowest BCUT2D eigenvalue weighted by atomic mass is 9.53. The highest BCUT2D eigenvalue weighted by Gasteiger charge is 2.52. The number of hydrogen-bond donors (Lipinski definition) is 2. The Kier molecular flexibility index (Phi) is 5.47. The number of anilines is 1. The van der Waals surface area contributed by atoms with E-state index in [1.54, 1.807) is 24.5 Å². The molecule has 42 heavy (non-hydrogen) atoms. The number of rotatable bonds is 3. The molecule has 0 spiro atoms. The second kappa shape index (κ2) is 8.96. The summed E-state index contributed by atoms with van der Waals surface area (Å²) in [5.74, 6) is 2.48. The molecule has 1 unspecified atom stereocenters. The minimum absolute atomic E-state index is 0.0876. The Balaban J connectivity index is 1.29. The van der Waals surface area contributed by atoms with Crippen molar-refractivity contribution in [1.29, 1.82) is 5.41 Å². The molecular formula is C34H31F3N4O. The number of nitrogen functional groups attached to an aromatic ring is 1. The van der Waals surface area contributed by atoms with Gasteiger partial charge in [0.15, 0.2) is 0 Å². The summed E-state index contributed by atoms with van der Waals surface area (Å²) < 4.78 is 50.1. The predicted molar refractivity (Wildman–Crippen MR) is 153 cm³/mol.